The average Bonchev–Trinajstić information content (AvgIpc) is 3.03. The van der Waals surface area contributed by atoms with Gasteiger partial charge in [0.15, 0.2) is 17.5 Å². The van der Waals surface area contributed by atoms with Crippen molar-refractivity contribution in [1.82, 2.24) is 10.6 Å². The molecule has 4 atom stereocenters. The number of aliphatic hydroxyl groups excluding tert-OH is 2. The van der Waals surface area contributed by atoms with Crippen molar-refractivity contribution in [3.8, 4) is 23.3 Å². The van der Waals surface area contributed by atoms with E-state index in [4.69, 9.17) is 20.2 Å². The Morgan fingerprint density at radius 3 is 2.60 bits per heavy atom. The van der Waals surface area contributed by atoms with Gasteiger partial charge in [0, 0.05) is 31.7 Å². The summed E-state index contributed by atoms with van der Waals surface area (Å²) < 4.78 is 12.0. The van der Waals surface area contributed by atoms with Crippen LogP contribution in [0.2, 0.25) is 0 Å². The maximum absolute atomic E-state index is 12.2. The number of nitrogens with one attached hydrogen (secondary N) is 2. The van der Waals surface area contributed by atoms with Crippen LogP contribution in [0, 0.1) is 23.2 Å². The zero-order chi connectivity index (χ0) is 32.2. The lowest BCUT2D eigenvalue weighted by molar-refractivity contribution is -0.151. The van der Waals surface area contributed by atoms with Crippen molar-refractivity contribution < 1.29 is 29.6 Å². The summed E-state index contributed by atoms with van der Waals surface area (Å²) in [5.41, 5.74) is 7.24. The summed E-state index contributed by atoms with van der Waals surface area (Å²) in [4.78, 5) is 16.9. The van der Waals surface area contributed by atoms with Crippen LogP contribution in [0.1, 0.15) is 102 Å². The normalized spacial score (nSPS) is 27.2. The molecule has 0 spiro atoms. The minimum Gasteiger partial charge on any atom is -0.504 e. The van der Waals surface area contributed by atoms with Crippen molar-refractivity contribution in [2.24, 2.45) is 22.1 Å². The standard InChI is InChI=1S/C35H54N4O6/c1-3-35(23-38-34(36)39-28-9-5-4-6-10-28)14-7-8-25(32(44-24(2)41)21-29(42)11-15-35)18-26-20-33(31(43)19-27(26)22-40)45-30-12-16-37-17-13-30/h19-20,25,28-30,32,37,40,42-43H,3-6,8-13,15-18,21-23H2,1-2H3,(H3,36,38,39). The lowest BCUT2D eigenvalue weighted by atomic mass is 9.77. The third kappa shape index (κ3) is 10.5. The first-order chi connectivity index (χ1) is 21.7. The molecule has 7 N–H and O–H groups in total. The van der Waals surface area contributed by atoms with Crippen molar-refractivity contribution in [2.45, 2.75) is 128 Å². The van der Waals surface area contributed by atoms with Crippen molar-refractivity contribution >= 4 is 11.9 Å². The van der Waals surface area contributed by atoms with Gasteiger partial charge in [-0.1, -0.05) is 32.1 Å². The Labute approximate surface area is 268 Å². The number of aliphatic hydroxyl groups is 2. The van der Waals surface area contributed by atoms with Gasteiger partial charge in [-0.3, -0.25) is 9.79 Å². The molecule has 2 aliphatic carbocycles. The Morgan fingerprint density at radius 1 is 1.16 bits per heavy atom. The quantitative estimate of drug-likeness (QED) is 0.0986. The van der Waals surface area contributed by atoms with E-state index in [0.29, 0.717) is 55.5 Å². The van der Waals surface area contributed by atoms with E-state index in [1.54, 1.807) is 12.1 Å². The molecule has 2 fully saturated rings. The number of benzene rings is 1. The Balaban J connectivity index is 1.58. The van der Waals surface area contributed by atoms with Gasteiger partial charge in [-0.05, 0) is 87.7 Å². The molecule has 45 heavy (non-hydrogen) atoms. The number of nitrogens with two attached hydrogens (primary N) is 1. The molecule has 1 aromatic rings. The topological polar surface area (TPSA) is 159 Å². The third-order valence-electron chi connectivity index (χ3n) is 9.72. The predicted molar refractivity (Wildman–Crippen MR) is 175 cm³/mol. The van der Waals surface area contributed by atoms with Crippen LogP contribution < -0.4 is 21.1 Å². The van der Waals surface area contributed by atoms with Gasteiger partial charge in [0.1, 0.15) is 12.2 Å². The molecule has 1 heterocycles. The molecule has 1 aliphatic heterocycles. The van der Waals surface area contributed by atoms with Gasteiger partial charge in [0.25, 0.3) is 0 Å². The summed E-state index contributed by atoms with van der Waals surface area (Å²) in [6.07, 6.45) is 9.34. The van der Waals surface area contributed by atoms with E-state index in [2.05, 4.69) is 29.4 Å². The highest BCUT2D eigenvalue weighted by molar-refractivity contribution is 5.78. The fraction of sp³-hybridized carbons (Fsp3) is 0.714. The second-order valence-corrected chi connectivity index (χ2v) is 13.2. The van der Waals surface area contributed by atoms with Crippen LogP contribution in [-0.4, -0.2) is 71.2 Å². The number of hydrogen-bond donors (Lipinski definition) is 6. The number of hydrogen-bond acceptors (Lipinski definition) is 8. The number of phenols is 1. The Morgan fingerprint density at radius 2 is 1.91 bits per heavy atom. The van der Waals surface area contributed by atoms with E-state index in [1.165, 1.54) is 26.2 Å². The molecule has 1 saturated heterocycles. The van der Waals surface area contributed by atoms with Crippen LogP contribution in [0.25, 0.3) is 0 Å². The number of nitrogens with zero attached hydrogens (tertiary/aromatic N) is 1. The Bertz CT molecular complexity index is 1200. The van der Waals surface area contributed by atoms with Crippen LogP contribution in [0.5, 0.6) is 11.5 Å². The minimum absolute atomic E-state index is 0.00910. The Kier molecular flexibility index (Phi) is 13.2. The number of ether oxygens (including phenoxy) is 2. The van der Waals surface area contributed by atoms with E-state index in [1.807, 2.05) is 0 Å². The molecular weight excluding hydrogens is 572 g/mol. The smallest absolute Gasteiger partial charge is 0.302 e. The van der Waals surface area contributed by atoms with E-state index >= 15 is 0 Å². The van der Waals surface area contributed by atoms with Gasteiger partial charge in [0.2, 0.25) is 0 Å². The molecule has 4 rings (SSSR count). The number of esters is 1. The van der Waals surface area contributed by atoms with Crippen LogP contribution in [-0.2, 0) is 22.6 Å². The zero-order valence-corrected chi connectivity index (χ0v) is 27.2. The van der Waals surface area contributed by atoms with Crippen molar-refractivity contribution in [2.75, 3.05) is 19.6 Å². The number of piperidine rings is 1. The highest BCUT2D eigenvalue weighted by Crippen LogP contribution is 2.36. The number of carbonyl (C=O) groups is 1. The molecule has 250 valence electrons. The molecule has 4 unspecified atom stereocenters. The van der Waals surface area contributed by atoms with Gasteiger partial charge in [0.05, 0.1) is 24.7 Å². The number of rotatable bonds is 10. The monoisotopic (exact) mass is 626 g/mol. The fourth-order valence-electron chi connectivity index (χ4n) is 6.84. The molecule has 1 saturated carbocycles. The largest absolute Gasteiger partial charge is 0.504 e. The molecule has 10 nitrogen and oxygen atoms in total. The van der Waals surface area contributed by atoms with E-state index in [-0.39, 0.29) is 30.8 Å². The molecule has 0 bridgehead atoms. The molecule has 3 aliphatic rings. The number of aliphatic imine (C=N–C) groups is 1. The number of phenolic OH excluding ortho intramolecular Hbond substituents is 1. The molecule has 0 aromatic heterocycles. The van der Waals surface area contributed by atoms with Gasteiger partial charge in [-0.2, -0.15) is 0 Å². The first kappa shape index (κ1) is 34.9. The van der Waals surface area contributed by atoms with Crippen LogP contribution in [0.15, 0.2) is 17.1 Å². The van der Waals surface area contributed by atoms with Crippen molar-refractivity contribution in [3.63, 3.8) is 0 Å². The summed E-state index contributed by atoms with van der Waals surface area (Å²) in [5, 5.41) is 38.8. The van der Waals surface area contributed by atoms with Gasteiger partial charge in [-0.15, -0.1) is 5.92 Å². The first-order valence-electron chi connectivity index (χ1n) is 16.9. The predicted octanol–water partition coefficient (Wildman–Crippen LogP) is 3.68. The highest BCUT2D eigenvalue weighted by Gasteiger charge is 2.33. The van der Waals surface area contributed by atoms with Gasteiger partial charge < -0.3 is 41.2 Å². The first-order valence-corrected chi connectivity index (χ1v) is 16.9. The van der Waals surface area contributed by atoms with Gasteiger partial charge >= 0.3 is 5.97 Å². The summed E-state index contributed by atoms with van der Waals surface area (Å²) in [5.74, 6) is 7.08. The summed E-state index contributed by atoms with van der Waals surface area (Å²) in [7, 11) is 0. The number of carbonyl (C=O) groups excluding carboxylic acids is 1. The second kappa shape index (κ2) is 17.1. The number of aromatic hydroxyl groups is 1. The summed E-state index contributed by atoms with van der Waals surface area (Å²) >= 11 is 0. The number of guanidine groups is 1. The van der Waals surface area contributed by atoms with Crippen molar-refractivity contribution in [3.05, 3.63) is 23.3 Å². The molecule has 10 heteroatoms. The highest BCUT2D eigenvalue weighted by atomic mass is 16.5. The van der Waals surface area contributed by atoms with Crippen LogP contribution in [0.4, 0.5) is 0 Å². The summed E-state index contributed by atoms with van der Waals surface area (Å²) in [6, 6.07) is 3.72. The SMILES string of the molecule is CCC1(CN=C(N)NC2CCCCC2)C#CCC(Cc2cc(OC3CCNCC3)c(O)cc2CO)C(OC(C)=O)CC(O)CC1. The lowest BCUT2D eigenvalue weighted by Crippen LogP contribution is -2.41. The molecular formula is C35H54N4O6. The summed E-state index contributed by atoms with van der Waals surface area (Å²) in [6.45, 7) is 5.37. The van der Waals surface area contributed by atoms with Crippen LogP contribution in [0.3, 0.4) is 0 Å². The maximum atomic E-state index is 12.2. The second-order valence-electron chi connectivity index (χ2n) is 13.2. The fourth-order valence-corrected chi connectivity index (χ4v) is 6.84. The maximum Gasteiger partial charge on any atom is 0.302 e. The van der Waals surface area contributed by atoms with E-state index in [9.17, 15) is 20.1 Å². The lowest BCUT2D eigenvalue weighted by Gasteiger charge is -2.32. The zero-order valence-electron chi connectivity index (χ0n) is 27.2. The average molecular weight is 627 g/mol. The van der Waals surface area contributed by atoms with Crippen LogP contribution >= 0.6 is 0 Å². The molecule has 0 amide bonds. The minimum atomic E-state index is -0.694. The van der Waals surface area contributed by atoms with Gasteiger partial charge in [-0.25, -0.2) is 0 Å². The Hall–Kier alpha value is -3.00. The third-order valence-corrected chi connectivity index (χ3v) is 9.72. The molecule has 1 aromatic carbocycles. The van der Waals surface area contributed by atoms with Crippen molar-refractivity contribution in [1.29, 1.82) is 0 Å². The molecule has 0 radical (unpaired) electrons. The van der Waals surface area contributed by atoms with E-state index < -0.39 is 23.6 Å². The van der Waals surface area contributed by atoms with E-state index in [0.717, 1.165) is 50.8 Å².